The maximum Gasteiger partial charge on any atom is 0.270 e. The largest absolute Gasteiger partial charge is 0.355 e. The zero-order chi connectivity index (χ0) is 30.8. The molecule has 0 spiro atoms. The summed E-state index contributed by atoms with van der Waals surface area (Å²) in [6, 6.07) is 0. The average Bonchev–Trinajstić information content (AvgIpc) is 3.00. The molecule has 39 heavy (non-hydrogen) atoms. The van der Waals surface area contributed by atoms with E-state index in [1.807, 2.05) is 48.5 Å². The van der Waals surface area contributed by atoms with Crippen LogP contribution in [-0.4, -0.2) is 37.0 Å². The molecule has 0 atom stereocenters. The van der Waals surface area contributed by atoms with E-state index >= 15 is 0 Å². The summed E-state index contributed by atoms with van der Waals surface area (Å²) < 4.78 is 0. The molecular formula is C32H61N3O4. The minimum absolute atomic E-state index is 0.113. The molecule has 4 N–H and O–H groups in total. The van der Waals surface area contributed by atoms with Crippen molar-refractivity contribution in [3.8, 4) is 0 Å². The molecule has 0 saturated carbocycles. The van der Waals surface area contributed by atoms with Gasteiger partial charge in [-0.1, -0.05) is 58.3 Å². The number of hydrogen-bond donors (Lipinski definition) is 4. The Kier molecular flexibility index (Phi) is 28.6. The minimum atomic E-state index is -0.331. The Balaban J connectivity index is -0.000000453. The van der Waals surface area contributed by atoms with Crippen molar-refractivity contribution in [1.29, 1.82) is 0 Å². The first kappa shape index (κ1) is 41.1. The maximum absolute atomic E-state index is 11.2. The fourth-order valence-electron chi connectivity index (χ4n) is 4.46. The lowest BCUT2D eigenvalue weighted by Crippen LogP contribution is -2.23. The summed E-state index contributed by atoms with van der Waals surface area (Å²) in [5, 5.41) is 13.7. The van der Waals surface area contributed by atoms with Crippen LogP contribution in [0, 0.1) is 0 Å². The molecular weight excluding hydrogens is 490 g/mol. The van der Waals surface area contributed by atoms with Crippen molar-refractivity contribution in [2.24, 2.45) is 0 Å². The van der Waals surface area contributed by atoms with Crippen LogP contribution < -0.4 is 16.1 Å². The molecule has 0 radical (unpaired) electrons. The van der Waals surface area contributed by atoms with E-state index in [1.54, 1.807) is 19.6 Å². The summed E-state index contributed by atoms with van der Waals surface area (Å²) >= 11 is 0. The van der Waals surface area contributed by atoms with Gasteiger partial charge in [-0.25, -0.2) is 5.48 Å². The van der Waals surface area contributed by atoms with Crippen molar-refractivity contribution < 1.29 is 19.6 Å². The van der Waals surface area contributed by atoms with Crippen molar-refractivity contribution in [2.45, 2.75) is 139 Å². The Morgan fingerprint density at radius 3 is 0.923 bits per heavy atom. The molecule has 7 nitrogen and oxygen atoms in total. The van der Waals surface area contributed by atoms with Gasteiger partial charge < -0.3 is 10.6 Å². The fraction of sp³-hybridized carbons (Fsp3) is 0.719. The number of carbonyl (C=O) groups excluding carboxylic acids is 3. The molecule has 3 amide bonds. The number of carbonyl (C=O) groups is 3. The van der Waals surface area contributed by atoms with E-state index in [-0.39, 0.29) is 17.7 Å². The molecule has 3 aliphatic carbocycles. The second-order valence-electron chi connectivity index (χ2n) is 9.00. The SMILES string of the molecule is CC.CC.CC.CC1=C(C(=O)NO)CCCC1.CNC(=O)C1=C(C)CCCC1.CNC(=O)C1=C(C)CCCC1. The van der Waals surface area contributed by atoms with Gasteiger partial charge in [-0.2, -0.15) is 0 Å². The molecule has 0 aromatic heterocycles. The van der Waals surface area contributed by atoms with Crippen LogP contribution in [0.3, 0.4) is 0 Å². The van der Waals surface area contributed by atoms with Gasteiger partial charge in [0.05, 0.1) is 0 Å². The summed E-state index contributed by atoms with van der Waals surface area (Å²) in [6.07, 6.45) is 13.0. The van der Waals surface area contributed by atoms with Crippen LogP contribution in [0.5, 0.6) is 0 Å². The monoisotopic (exact) mass is 551 g/mol. The van der Waals surface area contributed by atoms with Crippen LogP contribution in [0.25, 0.3) is 0 Å². The predicted octanol–water partition coefficient (Wildman–Crippen LogP) is 7.71. The minimum Gasteiger partial charge on any atom is -0.355 e. The van der Waals surface area contributed by atoms with E-state index in [2.05, 4.69) is 24.5 Å². The number of likely N-dealkylation sites (N-methyl/N-ethyl adjacent to an activating group) is 2. The van der Waals surface area contributed by atoms with Gasteiger partial charge in [0.1, 0.15) is 0 Å². The highest BCUT2D eigenvalue weighted by Crippen LogP contribution is 2.25. The van der Waals surface area contributed by atoms with Crippen molar-refractivity contribution in [3.63, 3.8) is 0 Å². The van der Waals surface area contributed by atoms with Gasteiger partial charge in [0.25, 0.3) is 5.91 Å². The van der Waals surface area contributed by atoms with Crippen LogP contribution in [0.15, 0.2) is 33.4 Å². The summed E-state index contributed by atoms with van der Waals surface area (Å²) in [5.74, 6) is -0.105. The molecule has 3 aliphatic rings. The predicted molar refractivity (Wildman–Crippen MR) is 166 cm³/mol. The molecule has 0 aromatic carbocycles. The quantitative estimate of drug-likeness (QED) is 0.213. The van der Waals surface area contributed by atoms with E-state index < -0.39 is 0 Å². The molecule has 0 saturated heterocycles. The highest BCUT2D eigenvalue weighted by atomic mass is 16.5. The van der Waals surface area contributed by atoms with Gasteiger partial charge >= 0.3 is 0 Å². The summed E-state index contributed by atoms with van der Waals surface area (Å²) in [7, 11) is 3.38. The molecule has 228 valence electrons. The van der Waals surface area contributed by atoms with E-state index in [4.69, 9.17) is 5.21 Å². The fourth-order valence-corrected chi connectivity index (χ4v) is 4.46. The van der Waals surface area contributed by atoms with Gasteiger partial charge in [0.15, 0.2) is 0 Å². The van der Waals surface area contributed by atoms with Crippen LogP contribution >= 0.6 is 0 Å². The molecule has 0 bridgehead atoms. The molecule has 3 rings (SSSR count). The lowest BCUT2D eigenvalue weighted by molar-refractivity contribution is -0.125. The van der Waals surface area contributed by atoms with E-state index in [0.29, 0.717) is 0 Å². The van der Waals surface area contributed by atoms with E-state index in [1.165, 1.54) is 36.8 Å². The Hall–Kier alpha value is -2.41. The smallest absolute Gasteiger partial charge is 0.270 e. The first-order valence-corrected chi connectivity index (χ1v) is 15.2. The van der Waals surface area contributed by atoms with Gasteiger partial charge in [0, 0.05) is 30.8 Å². The standard InChI is InChI=1S/2C9H15NO.C8H13NO2.3C2H6/c2*1-7-5-3-4-6-8(7)9(11)10-2;1-6-4-2-3-5-7(6)8(10)9-11;3*1-2/h2*3-6H2,1-2H3,(H,10,11);11H,2-5H2,1H3,(H,9,10);3*1-2H3. The van der Waals surface area contributed by atoms with Gasteiger partial charge in [-0.05, 0) is 97.8 Å². The number of amides is 3. The Morgan fingerprint density at radius 1 is 0.487 bits per heavy atom. The zero-order valence-corrected chi connectivity index (χ0v) is 27.2. The maximum atomic E-state index is 11.2. The third kappa shape index (κ3) is 17.0. The molecule has 0 aliphatic heterocycles. The third-order valence-corrected chi connectivity index (χ3v) is 6.61. The molecule has 7 heteroatoms. The normalized spacial score (nSPS) is 16.0. The highest BCUT2D eigenvalue weighted by Gasteiger charge is 2.16. The van der Waals surface area contributed by atoms with Gasteiger partial charge in [-0.3, -0.25) is 19.6 Å². The Bertz CT molecular complexity index is 691. The number of hydroxylamine groups is 1. The van der Waals surface area contributed by atoms with Crippen LogP contribution in [0.4, 0.5) is 0 Å². The van der Waals surface area contributed by atoms with Crippen LogP contribution in [0.2, 0.25) is 0 Å². The first-order valence-electron chi connectivity index (χ1n) is 15.2. The molecule has 0 aromatic rings. The number of hydrogen-bond acceptors (Lipinski definition) is 4. The lowest BCUT2D eigenvalue weighted by Gasteiger charge is -2.15. The second-order valence-corrected chi connectivity index (χ2v) is 9.00. The molecule has 0 heterocycles. The third-order valence-electron chi connectivity index (χ3n) is 6.61. The number of allylic oxidation sites excluding steroid dienone is 3. The Labute approximate surface area is 240 Å². The van der Waals surface area contributed by atoms with Gasteiger partial charge in [-0.15, -0.1) is 0 Å². The Morgan fingerprint density at radius 2 is 0.718 bits per heavy atom. The topological polar surface area (TPSA) is 108 Å². The molecule has 0 fully saturated rings. The summed E-state index contributed by atoms with van der Waals surface area (Å²) in [6.45, 7) is 18.1. The zero-order valence-electron chi connectivity index (χ0n) is 27.2. The van der Waals surface area contributed by atoms with Crippen LogP contribution in [-0.2, 0) is 14.4 Å². The van der Waals surface area contributed by atoms with Crippen molar-refractivity contribution in [2.75, 3.05) is 14.1 Å². The summed E-state index contributed by atoms with van der Waals surface area (Å²) in [5.41, 5.74) is 8.12. The lowest BCUT2D eigenvalue weighted by atomic mass is 9.92. The summed E-state index contributed by atoms with van der Waals surface area (Å²) in [4.78, 5) is 33.4. The van der Waals surface area contributed by atoms with Crippen LogP contribution in [0.1, 0.15) is 139 Å². The van der Waals surface area contributed by atoms with E-state index in [9.17, 15) is 14.4 Å². The average molecular weight is 552 g/mol. The van der Waals surface area contributed by atoms with Crippen molar-refractivity contribution in [1.82, 2.24) is 16.1 Å². The second kappa shape index (κ2) is 27.2. The molecule has 0 unspecified atom stereocenters. The van der Waals surface area contributed by atoms with E-state index in [0.717, 1.165) is 73.7 Å². The number of rotatable bonds is 3. The van der Waals surface area contributed by atoms with Crippen molar-refractivity contribution in [3.05, 3.63) is 33.4 Å². The van der Waals surface area contributed by atoms with Crippen molar-refractivity contribution >= 4 is 17.7 Å². The highest BCUT2D eigenvalue weighted by molar-refractivity contribution is 5.94. The van der Waals surface area contributed by atoms with Gasteiger partial charge in [0.2, 0.25) is 11.8 Å². The number of nitrogens with one attached hydrogen (secondary N) is 3. The first-order chi connectivity index (χ1) is 18.8.